The van der Waals surface area contributed by atoms with Gasteiger partial charge < -0.3 is 9.47 Å². The minimum Gasteiger partial charge on any atom is -0.454 e. The maximum atomic E-state index is 11.6. The quantitative estimate of drug-likeness (QED) is 0.762. The van der Waals surface area contributed by atoms with Crippen molar-refractivity contribution in [2.45, 2.75) is 11.0 Å². The van der Waals surface area contributed by atoms with Crippen LogP contribution in [0.4, 0.5) is 0 Å². The molecule has 1 aliphatic heterocycles. The standard InChI is InChI=1S/C10H11NO5S/c11-17(13,14)9-3-1-2-7(4-9)10(12)16-8-5-15-6-8/h1-4,8H,5-6H2,(H2,11,13,14). The van der Waals surface area contributed by atoms with Gasteiger partial charge in [0.25, 0.3) is 0 Å². The number of ether oxygens (including phenoxy) is 2. The fourth-order valence-electron chi connectivity index (χ4n) is 1.30. The summed E-state index contributed by atoms with van der Waals surface area (Å²) in [6.07, 6.45) is -0.249. The molecule has 0 saturated carbocycles. The van der Waals surface area contributed by atoms with Gasteiger partial charge in [-0.1, -0.05) is 6.07 Å². The second-order valence-corrected chi connectivity index (χ2v) is 5.20. The lowest BCUT2D eigenvalue weighted by molar-refractivity contribution is -0.103. The number of carbonyl (C=O) groups excluding carboxylic acids is 1. The maximum Gasteiger partial charge on any atom is 0.338 e. The molecule has 1 saturated heterocycles. The zero-order valence-electron chi connectivity index (χ0n) is 8.83. The van der Waals surface area contributed by atoms with Crippen LogP contribution >= 0.6 is 0 Å². The zero-order chi connectivity index (χ0) is 12.5. The Bertz CT molecular complexity index is 535. The number of esters is 1. The molecule has 1 aromatic rings. The molecule has 0 spiro atoms. The fraction of sp³-hybridized carbons (Fsp3) is 0.300. The average Bonchev–Trinajstić information content (AvgIpc) is 2.22. The van der Waals surface area contributed by atoms with Crippen LogP contribution in [0.3, 0.4) is 0 Å². The van der Waals surface area contributed by atoms with E-state index >= 15 is 0 Å². The molecule has 0 bridgehead atoms. The maximum absolute atomic E-state index is 11.6. The van der Waals surface area contributed by atoms with E-state index in [0.29, 0.717) is 13.2 Å². The normalized spacial score (nSPS) is 16.3. The minimum atomic E-state index is -3.81. The van der Waals surface area contributed by atoms with E-state index in [-0.39, 0.29) is 16.6 Å². The first-order valence-electron chi connectivity index (χ1n) is 4.88. The van der Waals surface area contributed by atoms with Crippen LogP contribution in [-0.4, -0.2) is 33.7 Å². The van der Waals surface area contributed by atoms with E-state index < -0.39 is 16.0 Å². The Hall–Kier alpha value is -1.44. The molecule has 2 rings (SSSR count). The number of nitrogens with two attached hydrogens (primary N) is 1. The van der Waals surface area contributed by atoms with E-state index in [2.05, 4.69) is 0 Å². The highest BCUT2D eigenvalue weighted by atomic mass is 32.2. The molecule has 0 unspecified atom stereocenters. The molecule has 1 aromatic carbocycles. The van der Waals surface area contributed by atoms with Gasteiger partial charge in [-0.05, 0) is 18.2 Å². The van der Waals surface area contributed by atoms with Crippen LogP contribution in [0, 0.1) is 0 Å². The Kier molecular flexibility index (Phi) is 3.14. The number of primary sulfonamides is 1. The molecular weight excluding hydrogens is 246 g/mol. The second-order valence-electron chi connectivity index (χ2n) is 3.64. The Balaban J connectivity index is 2.17. The molecule has 0 atom stereocenters. The van der Waals surface area contributed by atoms with Gasteiger partial charge in [0.1, 0.15) is 6.10 Å². The first-order chi connectivity index (χ1) is 7.97. The van der Waals surface area contributed by atoms with Gasteiger partial charge in [-0.25, -0.2) is 18.4 Å². The molecule has 17 heavy (non-hydrogen) atoms. The van der Waals surface area contributed by atoms with Crippen molar-refractivity contribution in [3.8, 4) is 0 Å². The summed E-state index contributed by atoms with van der Waals surface area (Å²) < 4.78 is 32.1. The van der Waals surface area contributed by atoms with Crippen molar-refractivity contribution in [3.63, 3.8) is 0 Å². The summed E-state index contributed by atoms with van der Waals surface area (Å²) in [5.41, 5.74) is 0.156. The predicted octanol–water partition coefficient (Wildman–Crippen LogP) is -0.110. The van der Waals surface area contributed by atoms with Gasteiger partial charge in [0.05, 0.1) is 23.7 Å². The number of carbonyl (C=O) groups is 1. The smallest absolute Gasteiger partial charge is 0.338 e. The van der Waals surface area contributed by atoms with Crippen molar-refractivity contribution < 1.29 is 22.7 Å². The minimum absolute atomic E-state index is 0.114. The Morgan fingerprint density at radius 1 is 1.41 bits per heavy atom. The Morgan fingerprint density at radius 2 is 2.12 bits per heavy atom. The van der Waals surface area contributed by atoms with E-state index in [4.69, 9.17) is 14.6 Å². The molecule has 2 N–H and O–H groups in total. The number of sulfonamides is 1. The molecule has 92 valence electrons. The van der Waals surface area contributed by atoms with Crippen molar-refractivity contribution in [2.75, 3.05) is 13.2 Å². The molecule has 1 heterocycles. The Morgan fingerprint density at radius 3 is 2.65 bits per heavy atom. The number of rotatable bonds is 3. The summed E-state index contributed by atoms with van der Waals surface area (Å²) in [4.78, 5) is 11.5. The molecule has 0 aliphatic carbocycles. The van der Waals surface area contributed by atoms with Crippen LogP contribution in [0.2, 0.25) is 0 Å². The van der Waals surface area contributed by atoms with Crippen LogP contribution in [0.5, 0.6) is 0 Å². The Labute approximate surface area is 98.4 Å². The molecule has 1 aliphatic rings. The third-order valence-electron chi connectivity index (χ3n) is 2.28. The van der Waals surface area contributed by atoms with E-state index in [1.807, 2.05) is 0 Å². The lowest BCUT2D eigenvalue weighted by Gasteiger charge is -2.25. The monoisotopic (exact) mass is 257 g/mol. The van der Waals surface area contributed by atoms with E-state index in [1.165, 1.54) is 24.3 Å². The van der Waals surface area contributed by atoms with Crippen LogP contribution in [0.25, 0.3) is 0 Å². The highest BCUT2D eigenvalue weighted by Gasteiger charge is 2.23. The van der Waals surface area contributed by atoms with Gasteiger partial charge in [0.15, 0.2) is 0 Å². The number of hydrogen-bond acceptors (Lipinski definition) is 5. The van der Waals surface area contributed by atoms with Gasteiger partial charge in [-0.2, -0.15) is 0 Å². The summed E-state index contributed by atoms with van der Waals surface area (Å²) in [6, 6.07) is 5.42. The lowest BCUT2D eigenvalue weighted by Crippen LogP contribution is -2.37. The van der Waals surface area contributed by atoms with Gasteiger partial charge in [-0.3, -0.25) is 0 Å². The third kappa shape index (κ3) is 2.82. The van der Waals surface area contributed by atoms with Gasteiger partial charge in [-0.15, -0.1) is 0 Å². The largest absolute Gasteiger partial charge is 0.454 e. The van der Waals surface area contributed by atoms with Crippen LogP contribution < -0.4 is 5.14 Å². The first-order valence-corrected chi connectivity index (χ1v) is 6.43. The second kappa shape index (κ2) is 4.44. The predicted molar refractivity (Wildman–Crippen MR) is 57.8 cm³/mol. The van der Waals surface area contributed by atoms with Crippen molar-refractivity contribution in [2.24, 2.45) is 5.14 Å². The zero-order valence-corrected chi connectivity index (χ0v) is 9.64. The lowest BCUT2D eigenvalue weighted by atomic mass is 10.2. The third-order valence-corrected chi connectivity index (χ3v) is 3.19. The molecule has 0 amide bonds. The summed E-state index contributed by atoms with van der Waals surface area (Å²) in [5.74, 6) is -0.580. The molecule has 6 nitrogen and oxygen atoms in total. The molecule has 0 radical (unpaired) electrons. The summed E-state index contributed by atoms with van der Waals surface area (Å²) in [7, 11) is -3.81. The molecule has 7 heteroatoms. The summed E-state index contributed by atoms with van der Waals surface area (Å²) in [5, 5.41) is 4.96. The average molecular weight is 257 g/mol. The highest BCUT2D eigenvalue weighted by Crippen LogP contribution is 2.13. The van der Waals surface area contributed by atoms with E-state index in [0.717, 1.165) is 0 Å². The van der Waals surface area contributed by atoms with Gasteiger partial charge in [0, 0.05) is 0 Å². The van der Waals surface area contributed by atoms with Gasteiger partial charge in [0.2, 0.25) is 10.0 Å². The topological polar surface area (TPSA) is 95.7 Å². The van der Waals surface area contributed by atoms with Crippen LogP contribution in [0.15, 0.2) is 29.2 Å². The van der Waals surface area contributed by atoms with Crippen LogP contribution in [-0.2, 0) is 19.5 Å². The SMILES string of the molecule is NS(=O)(=O)c1cccc(C(=O)OC2COC2)c1. The molecule has 1 fully saturated rings. The van der Waals surface area contributed by atoms with Crippen LogP contribution in [0.1, 0.15) is 10.4 Å². The fourth-order valence-corrected chi connectivity index (χ4v) is 1.86. The first kappa shape index (κ1) is 12.0. The summed E-state index contributed by atoms with van der Waals surface area (Å²) >= 11 is 0. The summed E-state index contributed by atoms with van der Waals surface area (Å²) in [6.45, 7) is 0.751. The number of hydrogen-bond donors (Lipinski definition) is 1. The molecule has 0 aromatic heterocycles. The van der Waals surface area contributed by atoms with Crippen molar-refractivity contribution in [3.05, 3.63) is 29.8 Å². The van der Waals surface area contributed by atoms with Gasteiger partial charge >= 0.3 is 5.97 Å². The van der Waals surface area contributed by atoms with Crippen molar-refractivity contribution in [1.82, 2.24) is 0 Å². The number of benzene rings is 1. The van der Waals surface area contributed by atoms with Crippen molar-refractivity contribution in [1.29, 1.82) is 0 Å². The van der Waals surface area contributed by atoms with E-state index in [9.17, 15) is 13.2 Å². The molecular formula is C10H11NO5S. The van der Waals surface area contributed by atoms with E-state index in [1.54, 1.807) is 0 Å². The highest BCUT2D eigenvalue weighted by molar-refractivity contribution is 7.89. The van der Waals surface area contributed by atoms with Crippen molar-refractivity contribution >= 4 is 16.0 Å².